The monoisotopic (exact) mass is 275 g/mol. The summed E-state index contributed by atoms with van der Waals surface area (Å²) in [7, 11) is 0. The molecule has 0 spiro atoms. The topological polar surface area (TPSA) is 66.4 Å². The van der Waals surface area contributed by atoms with Crippen molar-refractivity contribution in [3.63, 3.8) is 0 Å². The minimum absolute atomic E-state index is 0.105. The average molecular weight is 275 g/mol. The van der Waals surface area contributed by atoms with Crippen LogP contribution in [0.4, 0.5) is 0 Å². The van der Waals surface area contributed by atoms with E-state index in [1.54, 1.807) is 0 Å². The summed E-state index contributed by atoms with van der Waals surface area (Å²) in [5, 5.41) is 12.3. The van der Waals surface area contributed by atoms with Crippen molar-refractivity contribution in [1.29, 1.82) is 0 Å². The number of carbonyl (C=O) groups is 2. The van der Waals surface area contributed by atoms with Crippen LogP contribution in [0, 0.1) is 5.92 Å². The van der Waals surface area contributed by atoms with Gasteiger partial charge in [-0.1, -0.05) is 43.2 Å². The molecule has 0 radical (unpaired) electrons. The summed E-state index contributed by atoms with van der Waals surface area (Å²) in [5.74, 6) is -1.41. The highest BCUT2D eigenvalue weighted by atomic mass is 16.4. The van der Waals surface area contributed by atoms with E-state index in [-0.39, 0.29) is 5.91 Å². The molecule has 0 bridgehead atoms. The van der Waals surface area contributed by atoms with Crippen molar-refractivity contribution in [2.75, 3.05) is 0 Å². The summed E-state index contributed by atoms with van der Waals surface area (Å²) >= 11 is 0. The van der Waals surface area contributed by atoms with Gasteiger partial charge in [-0.3, -0.25) is 9.59 Å². The van der Waals surface area contributed by atoms with Crippen LogP contribution >= 0.6 is 0 Å². The molecule has 2 rings (SSSR count). The number of hydrogen-bond acceptors (Lipinski definition) is 2. The normalized spacial score (nSPS) is 25.9. The summed E-state index contributed by atoms with van der Waals surface area (Å²) in [4.78, 5) is 23.5. The van der Waals surface area contributed by atoms with Gasteiger partial charge < -0.3 is 10.4 Å². The Balaban J connectivity index is 2.03. The largest absolute Gasteiger partial charge is 0.481 e. The Bertz CT molecular complexity index is 486. The molecule has 0 aromatic heterocycles. The van der Waals surface area contributed by atoms with Gasteiger partial charge in [0.2, 0.25) is 5.91 Å². The van der Waals surface area contributed by atoms with Crippen molar-refractivity contribution in [2.45, 2.75) is 44.6 Å². The molecule has 4 nitrogen and oxygen atoms in total. The Kier molecular flexibility index (Phi) is 4.42. The molecular weight excluding hydrogens is 254 g/mol. The van der Waals surface area contributed by atoms with Crippen LogP contribution in [0.25, 0.3) is 0 Å². The maximum absolute atomic E-state index is 12.1. The summed E-state index contributed by atoms with van der Waals surface area (Å²) in [5.41, 5.74) is 0.312. The first kappa shape index (κ1) is 14.6. The van der Waals surface area contributed by atoms with Crippen LogP contribution in [0.15, 0.2) is 30.3 Å². The number of hydrogen-bond donors (Lipinski definition) is 2. The number of carboxylic acids is 1. The van der Waals surface area contributed by atoms with Crippen molar-refractivity contribution in [3.8, 4) is 0 Å². The molecule has 0 saturated heterocycles. The maximum Gasteiger partial charge on any atom is 0.308 e. The molecule has 108 valence electrons. The number of aliphatic carboxylic acids is 1. The van der Waals surface area contributed by atoms with E-state index < -0.39 is 17.4 Å². The van der Waals surface area contributed by atoms with E-state index in [1.165, 1.54) is 0 Å². The lowest BCUT2D eigenvalue weighted by Crippen LogP contribution is -2.55. The minimum atomic E-state index is -0.813. The van der Waals surface area contributed by atoms with Gasteiger partial charge in [-0.2, -0.15) is 0 Å². The molecule has 2 unspecified atom stereocenters. The highest BCUT2D eigenvalue weighted by Crippen LogP contribution is 2.33. The fraction of sp³-hybridized carbons (Fsp3) is 0.500. The molecule has 1 fully saturated rings. The van der Waals surface area contributed by atoms with Gasteiger partial charge in [0, 0.05) is 0 Å². The highest BCUT2D eigenvalue weighted by molar-refractivity contribution is 5.81. The molecule has 1 aliphatic rings. The molecule has 20 heavy (non-hydrogen) atoms. The fourth-order valence-corrected chi connectivity index (χ4v) is 3.02. The standard InChI is InChI=1S/C16H21NO3/c1-16(10-6-5-9-13(16)15(19)20)17-14(18)11-12-7-3-2-4-8-12/h2-4,7-8,13H,5-6,9-11H2,1H3,(H,17,18)(H,19,20). The van der Waals surface area contributed by atoms with Crippen LogP contribution in [0.5, 0.6) is 0 Å². The zero-order chi connectivity index (χ0) is 14.6. The zero-order valence-corrected chi connectivity index (χ0v) is 11.8. The van der Waals surface area contributed by atoms with Gasteiger partial charge >= 0.3 is 5.97 Å². The van der Waals surface area contributed by atoms with E-state index in [1.807, 2.05) is 37.3 Å². The molecule has 0 heterocycles. The molecule has 1 amide bonds. The summed E-state index contributed by atoms with van der Waals surface area (Å²) < 4.78 is 0. The van der Waals surface area contributed by atoms with Crippen LogP contribution < -0.4 is 5.32 Å². The molecule has 1 saturated carbocycles. The van der Waals surface area contributed by atoms with Crippen molar-refractivity contribution in [3.05, 3.63) is 35.9 Å². The average Bonchev–Trinajstić information content (AvgIpc) is 2.39. The van der Waals surface area contributed by atoms with Gasteiger partial charge in [0.25, 0.3) is 0 Å². The molecule has 4 heteroatoms. The summed E-state index contributed by atoms with van der Waals surface area (Å²) in [6, 6.07) is 9.50. The predicted octanol–water partition coefficient (Wildman–Crippen LogP) is 2.38. The molecule has 1 aromatic rings. The van der Waals surface area contributed by atoms with Gasteiger partial charge in [0.1, 0.15) is 0 Å². The van der Waals surface area contributed by atoms with Crippen molar-refractivity contribution in [2.24, 2.45) is 5.92 Å². The Morgan fingerprint density at radius 2 is 2.00 bits per heavy atom. The SMILES string of the molecule is CC1(NC(=O)Cc2ccccc2)CCCCC1C(=O)O. The van der Waals surface area contributed by atoms with Crippen LogP contribution in [0.2, 0.25) is 0 Å². The fourth-order valence-electron chi connectivity index (χ4n) is 3.02. The Labute approximate surface area is 119 Å². The molecular formula is C16H21NO3. The smallest absolute Gasteiger partial charge is 0.308 e. The molecule has 1 aromatic carbocycles. The highest BCUT2D eigenvalue weighted by Gasteiger charge is 2.41. The van der Waals surface area contributed by atoms with E-state index in [9.17, 15) is 14.7 Å². The van der Waals surface area contributed by atoms with Gasteiger partial charge in [-0.15, -0.1) is 0 Å². The lowest BCUT2D eigenvalue weighted by Gasteiger charge is -2.39. The third kappa shape index (κ3) is 3.38. The lowest BCUT2D eigenvalue weighted by atomic mass is 9.74. The quantitative estimate of drug-likeness (QED) is 0.886. The first-order valence-electron chi connectivity index (χ1n) is 7.09. The minimum Gasteiger partial charge on any atom is -0.481 e. The summed E-state index contributed by atoms with van der Waals surface area (Å²) in [6.07, 6.45) is 3.54. The predicted molar refractivity (Wildman–Crippen MR) is 76.3 cm³/mol. The van der Waals surface area contributed by atoms with Gasteiger partial charge in [-0.25, -0.2) is 0 Å². The first-order valence-corrected chi connectivity index (χ1v) is 7.09. The Morgan fingerprint density at radius 1 is 1.30 bits per heavy atom. The Morgan fingerprint density at radius 3 is 2.65 bits per heavy atom. The van der Waals surface area contributed by atoms with Crippen molar-refractivity contribution < 1.29 is 14.7 Å². The zero-order valence-electron chi connectivity index (χ0n) is 11.8. The van der Waals surface area contributed by atoms with E-state index in [2.05, 4.69) is 5.32 Å². The van der Waals surface area contributed by atoms with E-state index in [0.717, 1.165) is 24.8 Å². The van der Waals surface area contributed by atoms with Crippen molar-refractivity contribution in [1.82, 2.24) is 5.32 Å². The molecule has 1 aliphatic carbocycles. The third-order valence-corrected chi connectivity index (χ3v) is 4.14. The van der Waals surface area contributed by atoms with Gasteiger partial charge in [0.05, 0.1) is 17.9 Å². The first-order chi connectivity index (χ1) is 9.51. The van der Waals surface area contributed by atoms with Crippen LogP contribution in [-0.2, 0) is 16.0 Å². The van der Waals surface area contributed by atoms with Gasteiger partial charge in [-0.05, 0) is 25.3 Å². The lowest BCUT2D eigenvalue weighted by molar-refractivity contribution is -0.146. The van der Waals surface area contributed by atoms with Crippen LogP contribution in [0.3, 0.4) is 0 Å². The van der Waals surface area contributed by atoms with E-state index >= 15 is 0 Å². The third-order valence-electron chi connectivity index (χ3n) is 4.14. The van der Waals surface area contributed by atoms with E-state index in [4.69, 9.17) is 0 Å². The number of carbonyl (C=O) groups excluding carboxylic acids is 1. The second kappa shape index (κ2) is 6.07. The maximum atomic E-state index is 12.1. The number of rotatable bonds is 4. The number of amides is 1. The number of benzene rings is 1. The second-order valence-corrected chi connectivity index (χ2v) is 5.76. The van der Waals surface area contributed by atoms with Gasteiger partial charge in [0.15, 0.2) is 0 Å². The molecule has 2 atom stereocenters. The van der Waals surface area contributed by atoms with E-state index in [0.29, 0.717) is 12.8 Å². The number of carboxylic acid groups (broad SMARTS) is 1. The number of nitrogens with one attached hydrogen (secondary N) is 1. The molecule has 2 N–H and O–H groups in total. The molecule has 0 aliphatic heterocycles. The van der Waals surface area contributed by atoms with Crippen molar-refractivity contribution >= 4 is 11.9 Å². The summed E-state index contributed by atoms with van der Waals surface area (Å²) in [6.45, 7) is 1.86. The Hall–Kier alpha value is -1.84. The van der Waals surface area contributed by atoms with Crippen LogP contribution in [-0.4, -0.2) is 22.5 Å². The second-order valence-electron chi connectivity index (χ2n) is 5.76. The van der Waals surface area contributed by atoms with Crippen LogP contribution in [0.1, 0.15) is 38.2 Å².